The fourth-order valence-corrected chi connectivity index (χ4v) is 39.8. The fraction of sp³-hybridized carbons (Fsp3) is 1.00. The maximum absolute atomic E-state index is 11.4. The van der Waals surface area contributed by atoms with Gasteiger partial charge in [0.1, 0.15) is 0 Å². The summed E-state index contributed by atoms with van der Waals surface area (Å²) in [7, 11) is -6.41. The number of aliphatic hydroxyl groups is 2. The van der Waals surface area contributed by atoms with Crippen molar-refractivity contribution >= 4 is 32.3 Å². The van der Waals surface area contributed by atoms with Crippen LogP contribution in [0.3, 0.4) is 0 Å². The van der Waals surface area contributed by atoms with Gasteiger partial charge in [0, 0.05) is 5.41 Å². The molecule has 2 saturated heterocycles. The van der Waals surface area contributed by atoms with E-state index in [9.17, 15) is 10.2 Å². The van der Waals surface area contributed by atoms with Crippen molar-refractivity contribution in [2.24, 2.45) is 5.41 Å². The van der Waals surface area contributed by atoms with Crippen LogP contribution in [0.1, 0.15) is 126 Å². The Bertz CT molecular complexity index is 808. The molecule has 2 aliphatic heterocycles. The largest absolute Gasteiger partial charge is 0.390 e. The second kappa shape index (κ2) is 10.4. The van der Waals surface area contributed by atoms with E-state index in [4.69, 9.17) is 0 Å². The lowest BCUT2D eigenvalue weighted by atomic mass is 9.59. The third kappa shape index (κ3) is 4.42. The first-order chi connectivity index (χ1) is 16.2. The zero-order valence-electron chi connectivity index (χ0n) is 31.4. The Labute approximate surface area is 265 Å². The lowest BCUT2D eigenvalue weighted by Gasteiger charge is -2.78. The van der Waals surface area contributed by atoms with Crippen LogP contribution >= 0.6 is 0 Å². The van der Waals surface area contributed by atoms with Gasteiger partial charge in [0.15, 0.2) is 0 Å². The van der Waals surface area contributed by atoms with Gasteiger partial charge in [0.05, 0.1) is 43.5 Å². The zero-order valence-corrected chi connectivity index (χ0v) is 35.4. The highest BCUT2D eigenvalue weighted by Crippen LogP contribution is 2.81. The maximum Gasteiger partial charge on any atom is 0.0674 e. The molecule has 2 rings (SSSR count). The Kier molecular flexibility index (Phi) is 11.1. The lowest BCUT2D eigenvalue weighted by molar-refractivity contribution is -0.0968. The topological polar surface area (TPSA) is 40.5 Å². The molecule has 41 heavy (non-hydrogen) atoms. The summed E-state index contributed by atoms with van der Waals surface area (Å²) in [5.41, 5.74) is -1.35. The minimum atomic E-state index is -1.61. The summed E-state index contributed by atoms with van der Waals surface area (Å²) < 4.78 is 0.840. The summed E-state index contributed by atoms with van der Waals surface area (Å²) >= 11 is 0. The molecular formula is C35H82O2Si4. The molecule has 2 fully saturated rings. The number of hydrogen-bond donors (Lipinski definition) is 2. The summed E-state index contributed by atoms with van der Waals surface area (Å²) in [5.74, 6) is 0. The Balaban J connectivity index is 0. The maximum atomic E-state index is 11.4. The summed E-state index contributed by atoms with van der Waals surface area (Å²) in [6, 6.07) is 0. The molecular weight excluding hydrogens is 565 g/mol. The molecule has 6 heteroatoms. The molecule has 0 aromatic rings. The molecule has 0 amide bonds. The molecule has 2 nitrogen and oxygen atoms in total. The van der Waals surface area contributed by atoms with E-state index in [1.54, 1.807) is 0 Å². The van der Waals surface area contributed by atoms with Gasteiger partial charge in [-0.1, -0.05) is 157 Å². The van der Waals surface area contributed by atoms with Gasteiger partial charge in [0.25, 0.3) is 0 Å². The van der Waals surface area contributed by atoms with Crippen molar-refractivity contribution in [3.63, 3.8) is 0 Å². The van der Waals surface area contributed by atoms with Crippen molar-refractivity contribution in [2.75, 3.05) is 0 Å². The van der Waals surface area contributed by atoms with Crippen LogP contribution in [-0.4, -0.2) is 53.7 Å². The predicted molar refractivity (Wildman–Crippen MR) is 203 cm³/mol. The van der Waals surface area contributed by atoms with Crippen molar-refractivity contribution in [3.05, 3.63) is 0 Å². The minimum absolute atomic E-state index is 0. The zero-order chi connectivity index (χ0) is 32.5. The molecule has 250 valence electrons. The van der Waals surface area contributed by atoms with E-state index < -0.39 is 43.5 Å². The summed E-state index contributed by atoms with van der Waals surface area (Å²) in [6.07, 6.45) is 0. The quantitative estimate of drug-likeness (QED) is 0.278. The molecule has 0 saturated carbocycles. The highest BCUT2D eigenvalue weighted by atomic mass is 28.4. The minimum Gasteiger partial charge on any atom is -0.390 e. The van der Waals surface area contributed by atoms with E-state index in [0.29, 0.717) is 9.32 Å². The highest BCUT2D eigenvalue weighted by molar-refractivity contribution is 7.04. The van der Waals surface area contributed by atoms with Crippen LogP contribution in [0.25, 0.3) is 0 Å². The SMILES string of the molecule is C.C.CC(C)(O)C1(C)C(C)(C)[Si](C)(C)C(C)(C)[Si](C)(C)C1(C)C.CC1(O)C(C)(C)[Si](C)(C)C(C)(C)[Si](C)(C)C1(C)C. The first-order valence-electron chi connectivity index (χ1n) is 15.7. The summed E-state index contributed by atoms with van der Waals surface area (Å²) in [4.78, 5) is 0. The third-order valence-electron chi connectivity index (χ3n) is 18.7. The molecule has 0 aromatic heterocycles. The van der Waals surface area contributed by atoms with Gasteiger partial charge >= 0.3 is 0 Å². The predicted octanol–water partition coefficient (Wildman–Crippen LogP) is 12.4. The molecule has 0 atom stereocenters. The second-order valence-electron chi connectivity index (χ2n) is 20.0. The van der Waals surface area contributed by atoms with Crippen molar-refractivity contribution in [3.8, 4) is 0 Å². The molecule has 2 aliphatic rings. The van der Waals surface area contributed by atoms with Crippen LogP contribution in [0.4, 0.5) is 0 Å². The van der Waals surface area contributed by atoms with Gasteiger partial charge in [-0.25, -0.2) is 0 Å². The third-order valence-corrected chi connectivity index (χ3v) is 53.1. The molecule has 0 aliphatic carbocycles. The van der Waals surface area contributed by atoms with Crippen molar-refractivity contribution < 1.29 is 10.2 Å². The monoisotopic (exact) mass is 647 g/mol. The van der Waals surface area contributed by atoms with Crippen LogP contribution in [-0.2, 0) is 0 Å². The molecule has 2 heterocycles. The van der Waals surface area contributed by atoms with Crippen LogP contribution < -0.4 is 0 Å². The Morgan fingerprint density at radius 2 is 0.585 bits per heavy atom. The van der Waals surface area contributed by atoms with Crippen LogP contribution in [0.5, 0.6) is 0 Å². The Morgan fingerprint density at radius 1 is 0.415 bits per heavy atom. The van der Waals surface area contributed by atoms with E-state index in [-0.39, 0.29) is 40.4 Å². The molecule has 0 unspecified atom stereocenters. The highest BCUT2D eigenvalue weighted by Gasteiger charge is 2.78. The standard InChI is InChI=1S/C18H40OSi2.C15H34OSi2.2CH4/c1-14(2,19)18(9)15(3,4)20(10,11)17(7,8)21(12,13)16(18,5)6;1-12(2)15(7,16)13(3,4)18(10,11)14(5,6)17(12,8)9;;/h19H,1-13H3;16H,1-11H3;2*1H4. The van der Waals surface area contributed by atoms with Crippen LogP contribution in [0.2, 0.25) is 81.9 Å². The Morgan fingerprint density at radius 3 is 0.756 bits per heavy atom. The first kappa shape index (κ1) is 43.9. The van der Waals surface area contributed by atoms with Gasteiger partial charge in [-0.2, -0.15) is 0 Å². The Hall–Kier alpha value is 0.788. The average molecular weight is 647 g/mol. The van der Waals surface area contributed by atoms with Crippen molar-refractivity contribution in [1.82, 2.24) is 0 Å². The number of hydrogen-bond acceptors (Lipinski definition) is 2. The smallest absolute Gasteiger partial charge is 0.0674 e. The second-order valence-corrected chi connectivity index (χ2v) is 44.0. The van der Waals surface area contributed by atoms with Crippen LogP contribution in [0.15, 0.2) is 0 Å². The summed E-state index contributed by atoms with van der Waals surface area (Å²) in [6.45, 7) is 57.9. The van der Waals surface area contributed by atoms with Gasteiger partial charge < -0.3 is 10.2 Å². The van der Waals surface area contributed by atoms with Crippen LogP contribution in [0, 0.1) is 5.41 Å². The van der Waals surface area contributed by atoms with E-state index in [2.05, 4.69) is 149 Å². The van der Waals surface area contributed by atoms with Gasteiger partial charge in [0.2, 0.25) is 0 Å². The van der Waals surface area contributed by atoms with Crippen molar-refractivity contribution in [2.45, 2.75) is 219 Å². The van der Waals surface area contributed by atoms with Gasteiger partial charge in [-0.3, -0.25) is 0 Å². The average Bonchev–Trinajstić information content (AvgIpc) is 2.69. The summed E-state index contributed by atoms with van der Waals surface area (Å²) in [5, 5.41) is 23.0. The molecule has 0 aromatic carbocycles. The molecule has 2 N–H and O–H groups in total. The number of rotatable bonds is 1. The fourth-order valence-electron chi connectivity index (χ4n) is 10.2. The van der Waals surface area contributed by atoms with E-state index in [0.717, 1.165) is 0 Å². The lowest BCUT2D eigenvalue weighted by Crippen LogP contribution is -2.77. The van der Waals surface area contributed by atoms with Gasteiger partial charge in [-0.15, -0.1) is 0 Å². The molecule has 0 bridgehead atoms. The first-order valence-corrected chi connectivity index (χ1v) is 27.7. The normalized spacial score (nSPS) is 31.2. The molecule has 0 spiro atoms. The molecule has 0 radical (unpaired) electrons. The van der Waals surface area contributed by atoms with E-state index >= 15 is 0 Å². The van der Waals surface area contributed by atoms with E-state index in [1.807, 2.05) is 13.8 Å². The van der Waals surface area contributed by atoms with E-state index in [1.165, 1.54) is 0 Å². The van der Waals surface area contributed by atoms with Gasteiger partial charge in [-0.05, 0) is 50.2 Å². The van der Waals surface area contributed by atoms with Crippen molar-refractivity contribution in [1.29, 1.82) is 0 Å².